The lowest BCUT2D eigenvalue weighted by Gasteiger charge is -2.18. The van der Waals surface area contributed by atoms with E-state index in [-0.39, 0.29) is 5.56 Å². The number of rotatable bonds is 3. The molecule has 0 aliphatic rings. The van der Waals surface area contributed by atoms with Crippen molar-refractivity contribution in [1.82, 2.24) is 0 Å². The molecule has 0 radical (unpaired) electrons. The van der Waals surface area contributed by atoms with E-state index in [1.165, 1.54) is 0 Å². The second-order valence-corrected chi connectivity index (χ2v) is 3.39. The van der Waals surface area contributed by atoms with Crippen LogP contribution in [0.25, 0.3) is 0 Å². The molecule has 18 heavy (non-hydrogen) atoms. The van der Waals surface area contributed by atoms with Crippen LogP contribution in [0, 0.1) is 0 Å². The lowest BCUT2D eigenvalue weighted by atomic mass is 9.99. The second-order valence-electron chi connectivity index (χ2n) is 3.39. The van der Waals surface area contributed by atoms with E-state index in [4.69, 9.17) is 5.11 Å². The average Bonchev–Trinajstić information content (AvgIpc) is 2.17. The largest absolute Gasteiger partial charge is 0.573 e. The number of hydrogen-bond donors (Lipinski definition) is 1. The van der Waals surface area contributed by atoms with Crippen LogP contribution >= 0.6 is 0 Å². The van der Waals surface area contributed by atoms with Gasteiger partial charge >= 0.3 is 12.5 Å². The van der Waals surface area contributed by atoms with Crippen molar-refractivity contribution in [3.05, 3.63) is 29.8 Å². The highest BCUT2D eigenvalue weighted by atomic mass is 19.4. The summed E-state index contributed by atoms with van der Waals surface area (Å²) in [6.07, 6.45) is -9.57. The minimum absolute atomic E-state index is 0.334. The van der Waals surface area contributed by atoms with E-state index in [1.807, 2.05) is 0 Å². The van der Waals surface area contributed by atoms with E-state index in [1.54, 1.807) is 0 Å². The zero-order chi connectivity index (χ0) is 14.0. The Morgan fingerprint density at radius 3 is 1.83 bits per heavy atom. The van der Waals surface area contributed by atoms with Gasteiger partial charge in [-0.1, -0.05) is 12.1 Å². The van der Waals surface area contributed by atoms with Crippen LogP contribution in [0.5, 0.6) is 5.75 Å². The van der Waals surface area contributed by atoms with Crippen molar-refractivity contribution in [2.24, 2.45) is 0 Å². The standard InChI is InChI=1S/C10H8F6O2/c11-9(12,13)8(5-17)6-1-3-7(4-2-6)18-10(14,15)16/h1-4,8,17H,5H2. The zero-order valence-corrected chi connectivity index (χ0v) is 8.72. The molecule has 0 saturated carbocycles. The van der Waals surface area contributed by atoms with E-state index >= 15 is 0 Å². The maximum Gasteiger partial charge on any atom is 0.573 e. The molecule has 0 fully saturated rings. The Balaban J connectivity index is 2.88. The molecule has 1 aromatic carbocycles. The smallest absolute Gasteiger partial charge is 0.406 e. The molecular formula is C10H8F6O2. The highest BCUT2D eigenvalue weighted by Gasteiger charge is 2.40. The molecular weight excluding hydrogens is 266 g/mol. The van der Waals surface area contributed by atoms with Gasteiger partial charge in [0, 0.05) is 0 Å². The lowest BCUT2D eigenvalue weighted by Crippen LogP contribution is -2.24. The number of halogens is 6. The molecule has 0 aliphatic heterocycles. The summed E-state index contributed by atoms with van der Waals surface area (Å²) in [4.78, 5) is 0. The quantitative estimate of drug-likeness (QED) is 0.857. The van der Waals surface area contributed by atoms with Gasteiger partial charge in [0.15, 0.2) is 0 Å². The molecule has 1 aromatic rings. The van der Waals surface area contributed by atoms with Crippen molar-refractivity contribution in [3.8, 4) is 5.75 Å². The molecule has 0 amide bonds. The predicted molar refractivity (Wildman–Crippen MR) is 49.0 cm³/mol. The number of aliphatic hydroxyl groups excluding tert-OH is 1. The Morgan fingerprint density at radius 1 is 1.00 bits per heavy atom. The maximum atomic E-state index is 12.4. The Morgan fingerprint density at radius 2 is 1.50 bits per heavy atom. The fourth-order valence-electron chi connectivity index (χ4n) is 1.30. The van der Waals surface area contributed by atoms with Gasteiger partial charge in [-0.05, 0) is 17.7 Å². The summed E-state index contributed by atoms with van der Waals surface area (Å²) in [6, 6.07) is 3.18. The first kappa shape index (κ1) is 14.6. The first-order chi connectivity index (χ1) is 8.13. The van der Waals surface area contributed by atoms with Gasteiger partial charge in [-0.3, -0.25) is 0 Å². The van der Waals surface area contributed by atoms with E-state index in [0.717, 1.165) is 24.3 Å². The van der Waals surface area contributed by atoms with Crippen molar-refractivity contribution < 1.29 is 36.2 Å². The van der Waals surface area contributed by atoms with Gasteiger partial charge in [-0.25, -0.2) is 0 Å². The molecule has 2 nitrogen and oxygen atoms in total. The highest BCUT2D eigenvalue weighted by Crippen LogP contribution is 2.35. The highest BCUT2D eigenvalue weighted by molar-refractivity contribution is 5.30. The zero-order valence-electron chi connectivity index (χ0n) is 8.72. The minimum atomic E-state index is -4.90. The summed E-state index contributed by atoms with van der Waals surface area (Å²) in [6.45, 7) is -1.18. The van der Waals surface area contributed by atoms with Gasteiger partial charge in [0.1, 0.15) is 11.7 Å². The molecule has 1 rings (SSSR count). The molecule has 1 unspecified atom stereocenters. The minimum Gasteiger partial charge on any atom is -0.406 e. The summed E-state index contributed by atoms with van der Waals surface area (Å²) in [5, 5.41) is 8.64. The fraction of sp³-hybridized carbons (Fsp3) is 0.400. The Labute approximate surface area is 97.8 Å². The predicted octanol–water partition coefficient (Wildman–Crippen LogP) is 3.22. The van der Waals surface area contributed by atoms with Gasteiger partial charge in [-0.2, -0.15) is 13.2 Å². The number of benzene rings is 1. The van der Waals surface area contributed by atoms with Crippen molar-refractivity contribution >= 4 is 0 Å². The van der Waals surface area contributed by atoms with Gasteiger partial charge in [0.2, 0.25) is 0 Å². The van der Waals surface area contributed by atoms with Crippen molar-refractivity contribution in [2.45, 2.75) is 18.5 Å². The summed E-state index contributed by atoms with van der Waals surface area (Å²) >= 11 is 0. The molecule has 8 heteroatoms. The van der Waals surface area contributed by atoms with Crippen molar-refractivity contribution in [1.29, 1.82) is 0 Å². The molecule has 0 saturated heterocycles. The van der Waals surface area contributed by atoms with Gasteiger partial charge < -0.3 is 9.84 Å². The van der Waals surface area contributed by atoms with Gasteiger partial charge in [0.25, 0.3) is 0 Å². The van der Waals surface area contributed by atoms with E-state index < -0.39 is 30.8 Å². The van der Waals surface area contributed by atoms with Crippen LogP contribution in [-0.2, 0) is 0 Å². The van der Waals surface area contributed by atoms with E-state index in [9.17, 15) is 26.3 Å². The second kappa shape index (κ2) is 5.05. The normalized spacial score (nSPS) is 14.4. The third-order valence-electron chi connectivity index (χ3n) is 2.09. The van der Waals surface area contributed by atoms with Crippen molar-refractivity contribution in [3.63, 3.8) is 0 Å². The summed E-state index contributed by atoms with van der Waals surface area (Å²) < 4.78 is 76.2. The summed E-state index contributed by atoms with van der Waals surface area (Å²) in [5.74, 6) is -2.75. The van der Waals surface area contributed by atoms with Crippen LogP contribution in [0.15, 0.2) is 24.3 Å². The van der Waals surface area contributed by atoms with Gasteiger partial charge in [-0.15, -0.1) is 13.2 Å². The molecule has 1 N–H and O–H groups in total. The Bertz CT molecular complexity index is 381. The molecule has 0 spiro atoms. The lowest BCUT2D eigenvalue weighted by molar-refractivity contribution is -0.274. The summed E-state index contributed by atoms with van der Waals surface area (Å²) in [7, 11) is 0. The van der Waals surface area contributed by atoms with Crippen LogP contribution < -0.4 is 4.74 Å². The van der Waals surface area contributed by atoms with Crippen molar-refractivity contribution in [2.75, 3.05) is 6.61 Å². The molecule has 102 valence electrons. The molecule has 0 aliphatic carbocycles. The van der Waals surface area contributed by atoms with Gasteiger partial charge in [0.05, 0.1) is 6.61 Å². The van der Waals surface area contributed by atoms with Crippen LogP contribution in [0.3, 0.4) is 0 Å². The molecule has 1 atom stereocenters. The molecule has 0 heterocycles. The van der Waals surface area contributed by atoms with Crippen LogP contribution in [0.4, 0.5) is 26.3 Å². The number of ether oxygens (including phenoxy) is 1. The molecule has 0 aromatic heterocycles. The van der Waals surface area contributed by atoms with Crippen LogP contribution in [0.1, 0.15) is 11.5 Å². The number of aliphatic hydroxyl groups is 1. The Hall–Kier alpha value is -1.44. The SMILES string of the molecule is OCC(c1ccc(OC(F)(F)F)cc1)C(F)(F)F. The van der Waals surface area contributed by atoms with Crippen LogP contribution in [-0.4, -0.2) is 24.3 Å². The monoisotopic (exact) mass is 274 g/mol. The number of hydrogen-bond acceptors (Lipinski definition) is 2. The summed E-state index contributed by atoms with van der Waals surface area (Å²) in [5.41, 5.74) is -0.334. The first-order valence-electron chi connectivity index (χ1n) is 4.67. The maximum absolute atomic E-state index is 12.4. The van der Waals surface area contributed by atoms with Crippen LogP contribution in [0.2, 0.25) is 0 Å². The average molecular weight is 274 g/mol. The van der Waals surface area contributed by atoms with E-state index in [2.05, 4.69) is 4.74 Å². The third-order valence-corrected chi connectivity index (χ3v) is 2.09. The topological polar surface area (TPSA) is 29.5 Å². The number of alkyl halides is 6. The third kappa shape index (κ3) is 4.10. The fourth-order valence-corrected chi connectivity index (χ4v) is 1.30. The molecule has 0 bridgehead atoms. The Kier molecular flexibility index (Phi) is 4.10. The van der Waals surface area contributed by atoms with E-state index in [0.29, 0.717) is 0 Å². The first-order valence-corrected chi connectivity index (χ1v) is 4.67.